The zero-order valence-electron chi connectivity index (χ0n) is 9.76. The van der Waals surface area contributed by atoms with Gasteiger partial charge in [0.25, 0.3) is 10.0 Å². The lowest BCUT2D eigenvalue weighted by Crippen LogP contribution is -2.23. The van der Waals surface area contributed by atoms with Crippen molar-refractivity contribution >= 4 is 33.0 Å². The molecule has 0 aliphatic heterocycles. The van der Waals surface area contributed by atoms with E-state index in [9.17, 15) is 8.42 Å². The maximum atomic E-state index is 11.8. The third-order valence-corrected chi connectivity index (χ3v) is 5.20. The summed E-state index contributed by atoms with van der Waals surface area (Å²) in [6.45, 7) is 0.0622. The van der Waals surface area contributed by atoms with Gasteiger partial charge in [0.1, 0.15) is 4.21 Å². The lowest BCUT2D eigenvalue weighted by atomic mass is 10.2. The van der Waals surface area contributed by atoms with Crippen LogP contribution in [-0.4, -0.2) is 15.0 Å². The Hall–Kier alpha value is -1.32. The molecule has 19 heavy (non-hydrogen) atoms. The number of rotatable bonds is 3. The minimum Gasteiger partial charge on any atom is -0.206 e. The van der Waals surface area contributed by atoms with Gasteiger partial charge in [0.15, 0.2) is 0 Å². The highest BCUT2D eigenvalue weighted by Crippen LogP contribution is 2.14. The molecule has 1 heterocycles. The van der Waals surface area contributed by atoms with E-state index in [0.29, 0.717) is 5.02 Å². The van der Waals surface area contributed by atoms with Crippen molar-refractivity contribution in [3.8, 4) is 11.8 Å². The molecule has 0 unspecified atom stereocenters. The molecular weight excluding hydrogens is 302 g/mol. The van der Waals surface area contributed by atoms with Gasteiger partial charge in [-0.05, 0) is 29.6 Å². The van der Waals surface area contributed by atoms with Crippen LogP contribution in [0.3, 0.4) is 0 Å². The second kappa shape index (κ2) is 6.22. The van der Waals surface area contributed by atoms with Crippen molar-refractivity contribution in [2.75, 3.05) is 6.54 Å². The van der Waals surface area contributed by atoms with Crippen LogP contribution in [0.15, 0.2) is 46.0 Å². The van der Waals surface area contributed by atoms with Gasteiger partial charge in [0.2, 0.25) is 0 Å². The Bertz CT molecular complexity index is 713. The SMILES string of the molecule is O=S(=O)(NCC#Cc1cccc(Cl)c1)c1cccs1. The highest BCUT2D eigenvalue weighted by atomic mass is 35.5. The van der Waals surface area contributed by atoms with Crippen LogP contribution in [-0.2, 0) is 10.0 Å². The summed E-state index contributed by atoms with van der Waals surface area (Å²) >= 11 is 6.99. The van der Waals surface area contributed by atoms with E-state index in [1.54, 1.807) is 35.7 Å². The van der Waals surface area contributed by atoms with Crippen molar-refractivity contribution in [3.63, 3.8) is 0 Å². The molecule has 0 aliphatic carbocycles. The Morgan fingerprint density at radius 1 is 1.26 bits per heavy atom. The number of halogens is 1. The summed E-state index contributed by atoms with van der Waals surface area (Å²) < 4.78 is 26.2. The largest absolute Gasteiger partial charge is 0.250 e. The Balaban J connectivity index is 1.98. The molecule has 0 bridgehead atoms. The molecule has 0 saturated heterocycles. The first-order chi connectivity index (χ1) is 9.08. The Morgan fingerprint density at radius 2 is 2.11 bits per heavy atom. The minimum atomic E-state index is -3.44. The van der Waals surface area contributed by atoms with Gasteiger partial charge in [-0.2, -0.15) is 4.72 Å². The molecular formula is C13H10ClNO2S2. The normalized spacial score (nSPS) is 10.8. The molecule has 0 radical (unpaired) electrons. The molecule has 1 aromatic heterocycles. The highest BCUT2D eigenvalue weighted by molar-refractivity contribution is 7.91. The molecule has 1 N–H and O–H groups in total. The van der Waals surface area contributed by atoms with Gasteiger partial charge >= 0.3 is 0 Å². The Morgan fingerprint density at radius 3 is 2.79 bits per heavy atom. The van der Waals surface area contributed by atoms with E-state index in [0.717, 1.165) is 5.56 Å². The molecule has 6 heteroatoms. The van der Waals surface area contributed by atoms with Gasteiger partial charge in [-0.25, -0.2) is 8.42 Å². The molecule has 0 amide bonds. The van der Waals surface area contributed by atoms with Gasteiger partial charge in [-0.3, -0.25) is 0 Å². The van der Waals surface area contributed by atoms with Gasteiger partial charge in [-0.15, -0.1) is 11.3 Å². The maximum Gasteiger partial charge on any atom is 0.250 e. The predicted octanol–water partition coefficient (Wildman–Crippen LogP) is 2.73. The number of hydrogen-bond acceptors (Lipinski definition) is 3. The van der Waals surface area contributed by atoms with Crippen LogP contribution in [0.2, 0.25) is 5.02 Å². The van der Waals surface area contributed by atoms with E-state index in [-0.39, 0.29) is 10.8 Å². The van der Waals surface area contributed by atoms with Gasteiger partial charge in [0.05, 0.1) is 6.54 Å². The second-order valence-electron chi connectivity index (χ2n) is 3.57. The van der Waals surface area contributed by atoms with Gasteiger partial charge < -0.3 is 0 Å². The first-order valence-corrected chi connectivity index (χ1v) is 8.09. The smallest absolute Gasteiger partial charge is 0.206 e. The first kappa shape index (κ1) is 14.1. The van der Waals surface area contributed by atoms with Crippen LogP contribution in [0.1, 0.15) is 5.56 Å². The van der Waals surface area contributed by atoms with E-state index in [4.69, 9.17) is 11.6 Å². The van der Waals surface area contributed by atoms with Crippen molar-refractivity contribution in [3.05, 3.63) is 52.4 Å². The Kier molecular flexibility index (Phi) is 4.61. The van der Waals surface area contributed by atoms with E-state index in [1.165, 1.54) is 11.3 Å². The zero-order chi connectivity index (χ0) is 13.7. The van der Waals surface area contributed by atoms with Gasteiger partial charge in [0, 0.05) is 10.6 Å². The summed E-state index contributed by atoms with van der Waals surface area (Å²) in [6.07, 6.45) is 0. The third-order valence-electron chi connectivity index (χ3n) is 2.17. The molecule has 1 aromatic carbocycles. The van der Waals surface area contributed by atoms with Crippen molar-refractivity contribution in [2.45, 2.75) is 4.21 Å². The second-order valence-corrected chi connectivity index (χ2v) is 6.95. The summed E-state index contributed by atoms with van der Waals surface area (Å²) in [7, 11) is -3.44. The van der Waals surface area contributed by atoms with Gasteiger partial charge in [-0.1, -0.05) is 35.6 Å². The van der Waals surface area contributed by atoms with Crippen LogP contribution in [0, 0.1) is 11.8 Å². The van der Waals surface area contributed by atoms with E-state index < -0.39 is 10.0 Å². The van der Waals surface area contributed by atoms with Crippen LogP contribution in [0.4, 0.5) is 0 Å². The lowest BCUT2D eigenvalue weighted by molar-refractivity contribution is 0.588. The standard InChI is InChI=1S/C13H10ClNO2S2/c14-12-6-1-4-11(10-12)5-2-8-15-19(16,17)13-7-3-9-18-13/h1,3-4,6-7,9-10,15H,8H2. The average molecular weight is 312 g/mol. The fraction of sp³-hybridized carbons (Fsp3) is 0.0769. The first-order valence-electron chi connectivity index (χ1n) is 5.35. The summed E-state index contributed by atoms with van der Waals surface area (Å²) in [6, 6.07) is 10.3. The lowest BCUT2D eigenvalue weighted by Gasteiger charge is -1.99. The number of benzene rings is 1. The Labute approximate surface area is 121 Å². The summed E-state index contributed by atoms with van der Waals surface area (Å²) in [5.41, 5.74) is 0.753. The molecule has 0 fully saturated rings. The topological polar surface area (TPSA) is 46.2 Å². The van der Waals surface area contributed by atoms with Crippen LogP contribution >= 0.6 is 22.9 Å². The fourth-order valence-corrected chi connectivity index (χ4v) is 3.48. The third kappa shape index (κ3) is 4.08. The quantitative estimate of drug-likeness (QED) is 0.886. The summed E-state index contributed by atoms with van der Waals surface area (Å²) in [5.74, 6) is 5.60. The number of nitrogens with one attached hydrogen (secondary N) is 1. The molecule has 2 rings (SSSR count). The number of thiophene rings is 1. The predicted molar refractivity (Wildman–Crippen MR) is 77.8 cm³/mol. The van der Waals surface area contributed by atoms with Crippen molar-refractivity contribution in [1.82, 2.24) is 4.72 Å². The maximum absolute atomic E-state index is 11.8. The van der Waals surface area contributed by atoms with E-state index >= 15 is 0 Å². The van der Waals surface area contributed by atoms with E-state index in [2.05, 4.69) is 16.6 Å². The molecule has 98 valence electrons. The van der Waals surface area contributed by atoms with Crippen molar-refractivity contribution < 1.29 is 8.42 Å². The summed E-state index contributed by atoms with van der Waals surface area (Å²) in [5, 5.41) is 2.32. The average Bonchev–Trinajstić information content (AvgIpc) is 2.89. The minimum absolute atomic E-state index is 0.0622. The monoisotopic (exact) mass is 311 g/mol. The van der Waals surface area contributed by atoms with Crippen LogP contribution in [0.25, 0.3) is 0 Å². The zero-order valence-corrected chi connectivity index (χ0v) is 12.1. The fourth-order valence-electron chi connectivity index (χ4n) is 1.33. The molecule has 0 spiro atoms. The molecule has 2 aromatic rings. The molecule has 0 atom stereocenters. The van der Waals surface area contributed by atoms with Crippen LogP contribution in [0.5, 0.6) is 0 Å². The van der Waals surface area contributed by atoms with Crippen LogP contribution < -0.4 is 4.72 Å². The van der Waals surface area contributed by atoms with Crippen molar-refractivity contribution in [1.29, 1.82) is 0 Å². The summed E-state index contributed by atoms with van der Waals surface area (Å²) in [4.78, 5) is 0. The van der Waals surface area contributed by atoms with E-state index in [1.807, 2.05) is 6.07 Å². The molecule has 3 nitrogen and oxygen atoms in total. The van der Waals surface area contributed by atoms with Crippen molar-refractivity contribution in [2.24, 2.45) is 0 Å². The number of sulfonamides is 1. The molecule has 0 aliphatic rings. The number of hydrogen-bond donors (Lipinski definition) is 1. The highest BCUT2D eigenvalue weighted by Gasteiger charge is 2.12. The molecule has 0 saturated carbocycles.